The molecule has 1 aromatic carbocycles. The zero-order chi connectivity index (χ0) is 17.0. The van der Waals surface area contributed by atoms with Crippen molar-refractivity contribution in [3.8, 4) is 0 Å². The second-order valence-corrected chi connectivity index (χ2v) is 7.06. The second-order valence-electron chi connectivity index (χ2n) is 6.20. The number of rotatable bonds is 5. The largest absolute Gasteiger partial charge is 0.380 e. The molecule has 2 N–H and O–H groups in total. The summed E-state index contributed by atoms with van der Waals surface area (Å²) >= 11 is 3.48. The van der Waals surface area contributed by atoms with E-state index in [0.29, 0.717) is 19.8 Å². The molecule has 1 saturated heterocycles. The first-order valence-corrected chi connectivity index (χ1v) is 9.04. The van der Waals surface area contributed by atoms with Crippen LogP contribution in [0.4, 0.5) is 10.5 Å². The molecule has 1 aliphatic heterocycles. The fraction of sp³-hybridized carbons (Fsp3) is 0.588. The van der Waals surface area contributed by atoms with Crippen LogP contribution in [0.2, 0.25) is 0 Å². The van der Waals surface area contributed by atoms with Gasteiger partial charge in [-0.15, -0.1) is 0 Å². The van der Waals surface area contributed by atoms with Crippen molar-refractivity contribution in [2.75, 3.05) is 25.6 Å². The van der Waals surface area contributed by atoms with Gasteiger partial charge in [0.25, 0.3) is 0 Å². The minimum Gasteiger partial charge on any atom is -0.380 e. The Morgan fingerprint density at radius 3 is 2.96 bits per heavy atom. The molecule has 24 heavy (non-hydrogen) atoms. The van der Waals surface area contributed by atoms with Crippen molar-refractivity contribution < 1.29 is 19.0 Å². The van der Waals surface area contributed by atoms with Crippen molar-refractivity contribution >= 4 is 27.6 Å². The van der Waals surface area contributed by atoms with Gasteiger partial charge in [-0.25, -0.2) is 4.79 Å². The molecule has 1 atom stereocenters. The number of anilines is 1. The molecule has 1 saturated carbocycles. The van der Waals surface area contributed by atoms with E-state index < -0.39 is 5.79 Å². The van der Waals surface area contributed by atoms with Crippen LogP contribution >= 0.6 is 15.9 Å². The minimum absolute atomic E-state index is 0.0881. The summed E-state index contributed by atoms with van der Waals surface area (Å²) in [5, 5.41) is 5.72. The molecule has 2 amide bonds. The third-order valence-corrected chi connectivity index (χ3v) is 5.17. The van der Waals surface area contributed by atoms with Gasteiger partial charge >= 0.3 is 6.03 Å². The van der Waals surface area contributed by atoms with Crippen LogP contribution in [0.25, 0.3) is 0 Å². The van der Waals surface area contributed by atoms with E-state index in [2.05, 4.69) is 26.6 Å². The maximum absolute atomic E-state index is 12.2. The highest BCUT2D eigenvalue weighted by Crippen LogP contribution is 2.39. The maximum atomic E-state index is 12.2. The van der Waals surface area contributed by atoms with Crippen LogP contribution in [-0.2, 0) is 20.8 Å². The van der Waals surface area contributed by atoms with Crippen molar-refractivity contribution in [3.63, 3.8) is 0 Å². The summed E-state index contributed by atoms with van der Waals surface area (Å²) in [5.41, 5.74) is 1.63. The molecule has 3 rings (SSSR count). The molecule has 1 heterocycles. The molecule has 6 nitrogen and oxygen atoms in total. The zero-order valence-electron chi connectivity index (χ0n) is 13.8. The molecule has 1 spiro atoms. The van der Waals surface area contributed by atoms with Crippen molar-refractivity contribution in [1.82, 2.24) is 5.32 Å². The lowest BCUT2D eigenvalue weighted by Crippen LogP contribution is -2.37. The van der Waals surface area contributed by atoms with E-state index in [9.17, 15) is 4.79 Å². The minimum atomic E-state index is -0.390. The van der Waals surface area contributed by atoms with Gasteiger partial charge in [0.1, 0.15) is 6.10 Å². The molecule has 0 aromatic heterocycles. The van der Waals surface area contributed by atoms with Crippen LogP contribution in [0.1, 0.15) is 31.2 Å². The summed E-state index contributed by atoms with van der Waals surface area (Å²) in [5.74, 6) is -0.390. The van der Waals surface area contributed by atoms with E-state index in [1.54, 1.807) is 7.11 Å². The summed E-state index contributed by atoms with van der Waals surface area (Å²) in [7, 11) is 1.62. The van der Waals surface area contributed by atoms with E-state index in [1.165, 1.54) is 0 Å². The number of halogens is 1. The smallest absolute Gasteiger partial charge is 0.319 e. The van der Waals surface area contributed by atoms with Crippen LogP contribution < -0.4 is 10.6 Å². The quantitative estimate of drug-likeness (QED) is 0.797. The first-order valence-electron chi connectivity index (χ1n) is 8.25. The van der Waals surface area contributed by atoms with Crippen LogP contribution in [0, 0.1) is 0 Å². The SMILES string of the molecule is COCc1c(Br)cccc1NC(=O)NC[C@H]1COC2(CCCC2)O1. The number of carbonyl (C=O) groups is 1. The molecule has 1 aliphatic carbocycles. The average molecular weight is 399 g/mol. The van der Waals surface area contributed by atoms with Crippen molar-refractivity contribution in [3.05, 3.63) is 28.2 Å². The Morgan fingerprint density at radius 2 is 2.21 bits per heavy atom. The van der Waals surface area contributed by atoms with E-state index in [1.807, 2.05) is 18.2 Å². The fourth-order valence-electron chi connectivity index (χ4n) is 3.23. The molecule has 132 valence electrons. The molecular weight excluding hydrogens is 376 g/mol. The van der Waals surface area contributed by atoms with E-state index in [-0.39, 0.29) is 12.1 Å². The Balaban J connectivity index is 1.51. The molecule has 2 fully saturated rings. The summed E-state index contributed by atoms with van der Waals surface area (Å²) in [6.45, 7) is 1.38. The molecular formula is C17H23BrN2O4. The highest BCUT2D eigenvalue weighted by Gasteiger charge is 2.43. The lowest BCUT2D eigenvalue weighted by atomic mass is 10.2. The van der Waals surface area contributed by atoms with Gasteiger partial charge < -0.3 is 24.8 Å². The average Bonchev–Trinajstić information content (AvgIpc) is 3.19. The molecule has 0 radical (unpaired) electrons. The molecule has 2 aliphatic rings. The number of carbonyl (C=O) groups excluding carboxylic acids is 1. The number of nitrogens with one attached hydrogen (secondary N) is 2. The molecule has 0 bridgehead atoms. The Labute approximate surface area is 150 Å². The number of urea groups is 1. The van der Waals surface area contributed by atoms with Crippen LogP contribution in [0.5, 0.6) is 0 Å². The van der Waals surface area contributed by atoms with Gasteiger partial charge in [-0.1, -0.05) is 22.0 Å². The normalized spacial score (nSPS) is 22.0. The number of ether oxygens (including phenoxy) is 3. The van der Waals surface area contributed by atoms with Crippen LogP contribution in [0.15, 0.2) is 22.7 Å². The number of amides is 2. The monoisotopic (exact) mass is 398 g/mol. The van der Waals surface area contributed by atoms with Gasteiger partial charge in [0, 0.05) is 42.2 Å². The summed E-state index contributed by atoms with van der Waals surface area (Å²) in [4.78, 5) is 12.2. The van der Waals surface area contributed by atoms with Gasteiger partial charge in [-0.3, -0.25) is 0 Å². The lowest BCUT2D eigenvalue weighted by molar-refractivity contribution is -0.160. The molecule has 0 unspecified atom stereocenters. The predicted molar refractivity (Wildman–Crippen MR) is 93.9 cm³/mol. The van der Waals surface area contributed by atoms with Gasteiger partial charge in [-0.05, 0) is 25.0 Å². The standard InChI is InChI=1S/C17H23BrN2O4/c1-22-11-13-14(18)5-4-6-15(13)20-16(21)19-9-12-10-23-17(24-12)7-2-3-8-17/h4-6,12H,2-3,7-11H2,1H3,(H2,19,20,21)/t12-/m0/s1. The van der Waals surface area contributed by atoms with Gasteiger partial charge in [0.05, 0.1) is 13.2 Å². The van der Waals surface area contributed by atoms with Crippen molar-refractivity contribution in [1.29, 1.82) is 0 Å². The Bertz CT molecular complexity index is 590. The highest BCUT2D eigenvalue weighted by atomic mass is 79.9. The van der Waals surface area contributed by atoms with Gasteiger partial charge in [0.2, 0.25) is 0 Å². The first kappa shape index (κ1) is 17.7. The maximum Gasteiger partial charge on any atom is 0.319 e. The number of hydrogen-bond acceptors (Lipinski definition) is 4. The van der Waals surface area contributed by atoms with Crippen molar-refractivity contribution in [2.24, 2.45) is 0 Å². The van der Waals surface area contributed by atoms with Crippen LogP contribution in [0.3, 0.4) is 0 Å². The Kier molecular flexibility index (Phi) is 5.76. The second kappa shape index (κ2) is 7.82. The van der Waals surface area contributed by atoms with E-state index in [4.69, 9.17) is 14.2 Å². The third-order valence-electron chi connectivity index (χ3n) is 4.43. The molecule has 7 heteroatoms. The summed E-state index contributed by atoms with van der Waals surface area (Å²) in [6.07, 6.45) is 4.11. The third kappa shape index (κ3) is 4.08. The van der Waals surface area contributed by atoms with E-state index in [0.717, 1.165) is 41.4 Å². The van der Waals surface area contributed by atoms with Gasteiger partial charge in [-0.2, -0.15) is 0 Å². The Morgan fingerprint density at radius 1 is 1.42 bits per heavy atom. The first-order chi connectivity index (χ1) is 11.6. The fourth-order valence-corrected chi connectivity index (χ4v) is 3.71. The topological polar surface area (TPSA) is 68.8 Å². The van der Waals surface area contributed by atoms with Gasteiger partial charge in [0.15, 0.2) is 5.79 Å². The zero-order valence-corrected chi connectivity index (χ0v) is 15.4. The summed E-state index contributed by atoms with van der Waals surface area (Å²) in [6, 6.07) is 5.38. The molecule has 1 aromatic rings. The Hall–Kier alpha value is -1.15. The number of benzene rings is 1. The van der Waals surface area contributed by atoms with E-state index >= 15 is 0 Å². The number of hydrogen-bond donors (Lipinski definition) is 2. The highest BCUT2D eigenvalue weighted by molar-refractivity contribution is 9.10. The van der Waals surface area contributed by atoms with Crippen LogP contribution in [-0.4, -0.2) is 38.2 Å². The lowest BCUT2D eigenvalue weighted by Gasteiger charge is -2.22. The number of methoxy groups -OCH3 is 1. The predicted octanol–water partition coefficient (Wildman–Crippen LogP) is 3.40. The summed E-state index contributed by atoms with van der Waals surface area (Å²) < 4.78 is 17.9. The van der Waals surface area contributed by atoms with Crippen molar-refractivity contribution in [2.45, 2.75) is 44.2 Å².